The first-order valence-electron chi connectivity index (χ1n) is 6.95. The van der Waals surface area contributed by atoms with Gasteiger partial charge in [0.1, 0.15) is 0 Å². The highest BCUT2D eigenvalue weighted by Gasteiger charge is 2.25. The molecule has 1 amide bonds. The topological polar surface area (TPSA) is 64.1 Å². The van der Waals surface area contributed by atoms with Crippen LogP contribution < -0.4 is 0 Å². The molecule has 0 aromatic heterocycles. The lowest BCUT2D eigenvalue weighted by molar-refractivity contribution is -0.133. The van der Waals surface area contributed by atoms with Crippen molar-refractivity contribution in [2.75, 3.05) is 47.3 Å². The number of carbonyl (C=O) groups is 2. The fourth-order valence-corrected chi connectivity index (χ4v) is 2.33. The number of carboxylic acid groups (broad SMARTS) is 1. The summed E-state index contributed by atoms with van der Waals surface area (Å²) in [6.45, 7) is 3.35. The molecule has 1 fully saturated rings. The molecule has 1 aliphatic heterocycles. The molecule has 0 radical (unpaired) electrons. The predicted molar refractivity (Wildman–Crippen MR) is 77.6 cm³/mol. The molecular weight excluding hydrogens is 258 g/mol. The van der Waals surface area contributed by atoms with Crippen molar-refractivity contribution in [3.05, 3.63) is 12.2 Å². The van der Waals surface area contributed by atoms with Crippen LogP contribution in [0.2, 0.25) is 0 Å². The monoisotopic (exact) mass is 283 g/mol. The van der Waals surface area contributed by atoms with E-state index in [-0.39, 0.29) is 11.9 Å². The fraction of sp³-hybridized carbons (Fsp3) is 0.714. The van der Waals surface area contributed by atoms with E-state index in [9.17, 15) is 9.59 Å². The van der Waals surface area contributed by atoms with Crippen molar-refractivity contribution in [1.29, 1.82) is 0 Å². The SMILES string of the molecule is CN(C)CCN(C(=O)/C=C/C(=O)O)C1CCN(C)CC1. The molecule has 1 rings (SSSR count). The van der Waals surface area contributed by atoms with Crippen molar-refractivity contribution in [2.24, 2.45) is 0 Å². The van der Waals surface area contributed by atoms with Crippen LogP contribution in [-0.4, -0.2) is 85.0 Å². The Bertz CT molecular complexity index is 361. The van der Waals surface area contributed by atoms with E-state index in [1.54, 1.807) is 0 Å². The lowest BCUT2D eigenvalue weighted by atomic mass is 10.0. The number of piperidine rings is 1. The molecule has 0 saturated carbocycles. The number of carboxylic acids is 1. The van der Waals surface area contributed by atoms with Gasteiger partial charge < -0.3 is 19.8 Å². The number of rotatable bonds is 6. The second-order valence-electron chi connectivity index (χ2n) is 5.54. The average molecular weight is 283 g/mol. The van der Waals surface area contributed by atoms with Crippen LogP contribution in [0.25, 0.3) is 0 Å². The van der Waals surface area contributed by atoms with Crippen LogP contribution in [-0.2, 0) is 9.59 Å². The molecule has 0 aromatic carbocycles. The molecule has 0 aliphatic carbocycles. The molecule has 1 heterocycles. The molecule has 1 N–H and O–H groups in total. The van der Waals surface area contributed by atoms with Crippen molar-refractivity contribution >= 4 is 11.9 Å². The van der Waals surface area contributed by atoms with Gasteiger partial charge in [-0.2, -0.15) is 0 Å². The molecule has 0 spiro atoms. The van der Waals surface area contributed by atoms with Gasteiger partial charge in [-0.05, 0) is 47.1 Å². The van der Waals surface area contributed by atoms with Crippen LogP contribution in [0, 0.1) is 0 Å². The number of likely N-dealkylation sites (N-methyl/N-ethyl adjacent to an activating group) is 1. The Morgan fingerprint density at radius 3 is 2.30 bits per heavy atom. The molecule has 0 unspecified atom stereocenters. The molecule has 6 heteroatoms. The first-order valence-corrected chi connectivity index (χ1v) is 6.95. The zero-order valence-corrected chi connectivity index (χ0v) is 12.6. The number of likely N-dealkylation sites (tertiary alicyclic amines) is 1. The number of hydrogen-bond acceptors (Lipinski definition) is 4. The van der Waals surface area contributed by atoms with Crippen LogP contribution in [0.3, 0.4) is 0 Å². The van der Waals surface area contributed by atoms with E-state index in [2.05, 4.69) is 11.9 Å². The van der Waals surface area contributed by atoms with Gasteiger partial charge in [-0.1, -0.05) is 0 Å². The predicted octanol–water partition coefficient (Wildman–Crippen LogP) is 0.112. The molecule has 1 saturated heterocycles. The second-order valence-corrected chi connectivity index (χ2v) is 5.54. The van der Waals surface area contributed by atoms with Crippen molar-refractivity contribution in [1.82, 2.24) is 14.7 Å². The van der Waals surface area contributed by atoms with Gasteiger partial charge in [0.25, 0.3) is 0 Å². The van der Waals surface area contributed by atoms with Crippen LogP contribution >= 0.6 is 0 Å². The minimum absolute atomic E-state index is 0.205. The molecule has 1 aliphatic rings. The molecule has 6 nitrogen and oxygen atoms in total. The third-order valence-corrected chi connectivity index (χ3v) is 3.57. The number of amides is 1. The number of hydrogen-bond donors (Lipinski definition) is 1. The summed E-state index contributed by atoms with van der Waals surface area (Å²) in [6, 6.07) is 0.206. The summed E-state index contributed by atoms with van der Waals surface area (Å²) < 4.78 is 0. The van der Waals surface area contributed by atoms with Crippen LogP contribution in [0.4, 0.5) is 0 Å². The Morgan fingerprint density at radius 1 is 1.20 bits per heavy atom. The Morgan fingerprint density at radius 2 is 1.80 bits per heavy atom. The fourth-order valence-electron chi connectivity index (χ4n) is 2.33. The van der Waals surface area contributed by atoms with Gasteiger partial charge in [0.05, 0.1) is 0 Å². The van der Waals surface area contributed by atoms with E-state index in [0.29, 0.717) is 6.54 Å². The highest BCUT2D eigenvalue weighted by atomic mass is 16.4. The van der Waals surface area contributed by atoms with Crippen molar-refractivity contribution < 1.29 is 14.7 Å². The van der Waals surface area contributed by atoms with E-state index in [1.165, 1.54) is 0 Å². The van der Waals surface area contributed by atoms with E-state index in [0.717, 1.165) is 44.6 Å². The minimum Gasteiger partial charge on any atom is -0.478 e. The summed E-state index contributed by atoms with van der Waals surface area (Å²) in [7, 11) is 6.00. The Labute approximate surface area is 120 Å². The summed E-state index contributed by atoms with van der Waals surface area (Å²) in [5.41, 5.74) is 0. The third-order valence-electron chi connectivity index (χ3n) is 3.57. The summed E-state index contributed by atoms with van der Waals surface area (Å²) in [6.07, 6.45) is 3.96. The van der Waals surface area contributed by atoms with Gasteiger partial charge >= 0.3 is 5.97 Å². The largest absolute Gasteiger partial charge is 0.478 e. The summed E-state index contributed by atoms with van der Waals surface area (Å²) in [5.74, 6) is -1.29. The molecule has 0 bridgehead atoms. The standard InChI is InChI=1S/C14H25N3O3/c1-15(2)10-11-17(13(18)4-5-14(19)20)12-6-8-16(3)9-7-12/h4-5,12H,6-11H2,1-3H3,(H,19,20)/b5-4+. The zero-order chi connectivity index (χ0) is 15.1. The zero-order valence-electron chi connectivity index (χ0n) is 12.6. The molecule has 0 aromatic rings. The Hall–Kier alpha value is -1.40. The third kappa shape index (κ3) is 5.71. The molecule has 20 heavy (non-hydrogen) atoms. The van der Waals surface area contributed by atoms with Crippen molar-refractivity contribution in [3.63, 3.8) is 0 Å². The van der Waals surface area contributed by atoms with E-state index in [4.69, 9.17) is 5.11 Å². The van der Waals surface area contributed by atoms with Crippen LogP contribution in [0.15, 0.2) is 12.2 Å². The number of aliphatic carboxylic acids is 1. The van der Waals surface area contributed by atoms with Gasteiger partial charge in [0.15, 0.2) is 0 Å². The average Bonchev–Trinajstić information content (AvgIpc) is 2.38. The van der Waals surface area contributed by atoms with E-state index in [1.807, 2.05) is 23.9 Å². The maximum absolute atomic E-state index is 12.2. The molecule has 114 valence electrons. The summed E-state index contributed by atoms with van der Waals surface area (Å²) in [4.78, 5) is 28.8. The second kappa shape index (κ2) is 8.01. The van der Waals surface area contributed by atoms with Gasteiger partial charge in [0.2, 0.25) is 5.91 Å². The lowest BCUT2D eigenvalue weighted by Crippen LogP contribution is -2.48. The summed E-state index contributed by atoms with van der Waals surface area (Å²) >= 11 is 0. The maximum atomic E-state index is 12.2. The quantitative estimate of drug-likeness (QED) is 0.701. The van der Waals surface area contributed by atoms with Crippen LogP contribution in [0.5, 0.6) is 0 Å². The maximum Gasteiger partial charge on any atom is 0.328 e. The Balaban J connectivity index is 2.68. The van der Waals surface area contributed by atoms with Gasteiger partial charge in [-0.3, -0.25) is 4.79 Å². The van der Waals surface area contributed by atoms with E-state index < -0.39 is 5.97 Å². The van der Waals surface area contributed by atoms with Crippen molar-refractivity contribution in [3.8, 4) is 0 Å². The minimum atomic E-state index is -1.09. The Kier molecular flexibility index (Phi) is 6.67. The smallest absolute Gasteiger partial charge is 0.328 e. The van der Waals surface area contributed by atoms with Crippen molar-refractivity contribution in [2.45, 2.75) is 18.9 Å². The first-order chi connectivity index (χ1) is 9.40. The van der Waals surface area contributed by atoms with Gasteiger partial charge in [-0.15, -0.1) is 0 Å². The number of carbonyl (C=O) groups excluding carboxylic acids is 1. The highest BCUT2D eigenvalue weighted by molar-refractivity contribution is 5.94. The molecule has 0 atom stereocenters. The normalized spacial score (nSPS) is 17.8. The van der Waals surface area contributed by atoms with Gasteiger partial charge in [-0.25, -0.2) is 4.79 Å². The summed E-state index contributed by atoms with van der Waals surface area (Å²) in [5, 5.41) is 8.63. The van der Waals surface area contributed by atoms with Crippen LogP contribution in [0.1, 0.15) is 12.8 Å². The lowest BCUT2D eigenvalue weighted by Gasteiger charge is -2.37. The highest BCUT2D eigenvalue weighted by Crippen LogP contribution is 2.16. The first kappa shape index (κ1) is 16.7. The van der Waals surface area contributed by atoms with E-state index >= 15 is 0 Å². The van der Waals surface area contributed by atoms with Gasteiger partial charge in [0, 0.05) is 31.3 Å². The number of nitrogens with zero attached hydrogens (tertiary/aromatic N) is 3. The molecular formula is C14H25N3O3.